The van der Waals surface area contributed by atoms with Crippen LogP contribution in [0.4, 0.5) is 5.69 Å². The molecule has 0 bridgehead atoms. The minimum absolute atomic E-state index is 0.315. The van der Waals surface area contributed by atoms with Gasteiger partial charge < -0.3 is 9.73 Å². The smallest absolute Gasteiger partial charge is 0.408 e. The van der Waals surface area contributed by atoms with Gasteiger partial charge in [0, 0.05) is 15.6 Å². The van der Waals surface area contributed by atoms with Crippen LogP contribution in [0.25, 0.3) is 11.1 Å². The molecular formula is C14H8Cl2N2O3. The van der Waals surface area contributed by atoms with E-state index in [-0.39, 0.29) is 0 Å². The van der Waals surface area contributed by atoms with E-state index >= 15 is 0 Å². The van der Waals surface area contributed by atoms with E-state index < -0.39 is 11.7 Å². The normalized spacial score (nSPS) is 10.8. The summed E-state index contributed by atoms with van der Waals surface area (Å²) in [5.41, 5.74) is 1.53. The highest BCUT2D eigenvalue weighted by Crippen LogP contribution is 2.23. The lowest BCUT2D eigenvalue weighted by Gasteiger charge is -2.06. The monoisotopic (exact) mass is 322 g/mol. The first-order chi connectivity index (χ1) is 10.0. The Kier molecular flexibility index (Phi) is 3.45. The number of hydrogen-bond acceptors (Lipinski definition) is 3. The molecule has 3 rings (SSSR count). The predicted octanol–water partition coefficient (Wildman–Crippen LogP) is 3.68. The Morgan fingerprint density at radius 3 is 2.57 bits per heavy atom. The molecule has 1 heterocycles. The number of nitrogens with one attached hydrogen (secondary N) is 2. The zero-order chi connectivity index (χ0) is 15.0. The SMILES string of the molecule is O=C(Nc1cccc2oc(=O)[nH]c12)c1cc(Cl)cc(Cl)c1. The Balaban J connectivity index is 1.98. The lowest BCUT2D eigenvalue weighted by molar-refractivity contribution is 0.102. The summed E-state index contributed by atoms with van der Waals surface area (Å²) in [6.07, 6.45) is 0. The molecule has 0 saturated carbocycles. The van der Waals surface area contributed by atoms with E-state index in [4.69, 9.17) is 27.6 Å². The maximum Gasteiger partial charge on any atom is 0.417 e. The van der Waals surface area contributed by atoms with Gasteiger partial charge in [-0.25, -0.2) is 4.79 Å². The van der Waals surface area contributed by atoms with Gasteiger partial charge in [0.25, 0.3) is 5.91 Å². The Labute approximate surface area is 128 Å². The lowest BCUT2D eigenvalue weighted by atomic mass is 10.2. The average molecular weight is 323 g/mol. The van der Waals surface area contributed by atoms with Gasteiger partial charge in [-0.15, -0.1) is 0 Å². The number of para-hydroxylation sites is 1. The number of amides is 1. The number of aromatic nitrogens is 1. The second kappa shape index (κ2) is 5.27. The largest absolute Gasteiger partial charge is 0.417 e. The molecule has 2 aromatic carbocycles. The van der Waals surface area contributed by atoms with Crippen LogP contribution < -0.4 is 11.1 Å². The molecule has 0 aliphatic rings. The van der Waals surface area contributed by atoms with Crippen molar-refractivity contribution >= 4 is 45.9 Å². The molecular weight excluding hydrogens is 315 g/mol. The van der Waals surface area contributed by atoms with Crippen molar-refractivity contribution in [2.24, 2.45) is 0 Å². The molecule has 0 fully saturated rings. The number of aromatic amines is 1. The van der Waals surface area contributed by atoms with Crippen LogP contribution in [0.5, 0.6) is 0 Å². The fourth-order valence-corrected chi connectivity index (χ4v) is 2.48. The molecule has 0 saturated heterocycles. The van der Waals surface area contributed by atoms with Gasteiger partial charge in [0.05, 0.1) is 5.69 Å². The molecule has 106 valence electrons. The van der Waals surface area contributed by atoms with Crippen LogP contribution in [0.3, 0.4) is 0 Å². The van der Waals surface area contributed by atoms with Crippen LogP contribution in [0.15, 0.2) is 45.6 Å². The highest BCUT2D eigenvalue weighted by Gasteiger charge is 2.12. The zero-order valence-electron chi connectivity index (χ0n) is 10.4. The molecule has 2 N–H and O–H groups in total. The van der Waals surface area contributed by atoms with Crippen molar-refractivity contribution in [1.82, 2.24) is 4.98 Å². The van der Waals surface area contributed by atoms with Gasteiger partial charge in [-0.3, -0.25) is 9.78 Å². The molecule has 5 nitrogen and oxygen atoms in total. The summed E-state index contributed by atoms with van der Waals surface area (Å²) in [5.74, 6) is -0.980. The molecule has 1 amide bonds. The third kappa shape index (κ3) is 2.79. The number of rotatable bonds is 2. The number of oxazole rings is 1. The maximum absolute atomic E-state index is 12.2. The standard InChI is InChI=1S/C14H8Cl2N2O3/c15-8-4-7(5-9(16)6-8)13(19)17-10-2-1-3-11-12(10)18-14(20)21-11/h1-6H,(H,17,19)(H,18,20). The van der Waals surface area contributed by atoms with E-state index in [2.05, 4.69) is 10.3 Å². The van der Waals surface area contributed by atoms with E-state index in [0.717, 1.165) is 0 Å². The molecule has 21 heavy (non-hydrogen) atoms. The Bertz CT molecular complexity index is 878. The zero-order valence-corrected chi connectivity index (χ0v) is 12.0. The molecule has 0 atom stereocenters. The fourth-order valence-electron chi connectivity index (χ4n) is 1.96. The van der Waals surface area contributed by atoms with E-state index in [9.17, 15) is 9.59 Å². The number of carbonyl (C=O) groups is 1. The molecule has 0 aliphatic carbocycles. The van der Waals surface area contributed by atoms with Crippen LogP contribution in [0, 0.1) is 0 Å². The number of H-pyrrole nitrogens is 1. The summed E-state index contributed by atoms with van der Waals surface area (Å²) in [6, 6.07) is 9.48. The third-order valence-electron chi connectivity index (χ3n) is 2.83. The molecule has 0 unspecified atom stereocenters. The first-order valence-electron chi connectivity index (χ1n) is 5.92. The molecule has 0 radical (unpaired) electrons. The van der Waals surface area contributed by atoms with E-state index in [1.54, 1.807) is 18.2 Å². The molecule has 1 aromatic heterocycles. The summed E-state index contributed by atoms with van der Waals surface area (Å²) < 4.78 is 4.93. The van der Waals surface area contributed by atoms with Gasteiger partial charge in [-0.05, 0) is 30.3 Å². The third-order valence-corrected chi connectivity index (χ3v) is 3.27. The van der Waals surface area contributed by atoms with Crippen molar-refractivity contribution in [1.29, 1.82) is 0 Å². The second-order valence-electron chi connectivity index (χ2n) is 4.31. The summed E-state index contributed by atoms with van der Waals surface area (Å²) in [6.45, 7) is 0. The highest BCUT2D eigenvalue weighted by molar-refractivity contribution is 6.35. The minimum Gasteiger partial charge on any atom is -0.408 e. The summed E-state index contributed by atoms with van der Waals surface area (Å²) in [4.78, 5) is 26.0. The van der Waals surface area contributed by atoms with Crippen LogP contribution in [-0.2, 0) is 0 Å². The number of anilines is 1. The van der Waals surface area contributed by atoms with Gasteiger partial charge in [-0.1, -0.05) is 29.3 Å². The average Bonchev–Trinajstić information content (AvgIpc) is 2.79. The number of carbonyl (C=O) groups excluding carboxylic acids is 1. The first kappa shape index (κ1) is 13.7. The van der Waals surface area contributed by atoms with Crippen LogP contribution in [0.1, 0.15) is 10.4 Å². The Morgan fingerprint density at radius 1 is 1.14 bits per heavy atom. The summed E-state index contributed by atoms with van der Waals surface area (Å²) in [7, 11) is 0. The molecule has 7 heteroatoms. The van der Waals surface area contributed by atoms with E-state index in [0.29, 0.717) is 32.4 Å². The Hall–Kier alpha value is -2.24. The summed E-state index contributed by atoms with van der Waals surface area (Å²) >= 11 is 11.7. The van der Waals surface area contributed by atoms with Crippen LogP contribution in [-0.4, -0.2) is 10.9 Å². The van der Waals surface area contributed by atoms with Crippen molar-refractivity contribution < 1.29 is 9.21 Å². The number of halogens is 2. The predicted molar refractivity (Wildman–Crippen MR) is 81.2 cm³/mol. The fraction of sp³-hybridized carbons (Fsp3) is 0. The highest BCUT2D eigenvalue weighted by atomic mass is 35.5. The lowest BCUT2D eigenvalue weighted by Crippen LogP contribution is -2.12. The number of hydrogen-bond donors (Lipinski definition) is 2. The van der Waals surface area contributed by atoms with E-state index in [1.807, 2.05) is 0 Å². The van der Waals surface area contributed by atoms with Crippen LogP contribution in [0.2, 0.25) is 10.0 Å². The van der Waals surface area contributed by atoms with Gasteiger partial charge in [0.15, 0.2) is 5.58 Å². The topological polar surface area (TPSA) is 75.1 Å². The maximum atomic E-state index is 12.2. The number of benzene rings is 2. The van der Waals surface area contributed by atoms with Gasteiger partial charge >= 0.3 is 5.76 Å². The van der Waals surface area contributed by atoms with Crippen molar-refractivity contribution in [3.63, 3.8) is 0 Å². The quantitative estimate of drug-likeness (QED) is 0.755. The van der Waals surface area contributed by atoms with Crippen molar-refractivity contribution in [3.05, 3.63) is 62.6 Å². The van der Waals surface area contributed by atoms with Gasteiger partial charge in [0.2, 0.25) is 0 Å². The van der Waals surface area contributed by atoms with Crippen molar-refractivity contribution in [2.45, 2.75) is 0 Å². The summed E-state index contributed by atoms with van der Waals surface area (Å²) in [5, 5.41) is 3.41. The number of fused-ring (bicyclic) bond motifs is 1. The first-order valence-corrected chi connectivity index (χ1v) is 6.68. The van der Waals surface area contributed by atoms with Crippen LogP contribution >= 0.6 is 23.2 Å². The van der Waals surface area contributed by atoms with Gasteiger partial charge in [-0.2, -0.15) is 0 Å². The molecule has 0 spiro atoms. The van der Waals surface area contributed by atoms with Gasteiger partial charge in [0.1, 0.15) is 5.52 Å². The van der Waals surface area contributed by atoms with Crippen molar-refractivity contribution in [2.75, 3.05) is 5.32 Å². The molecule has 0 aliphatic heterocycles. The van der Waals surface area contributed by atoms with Crippen molar-refractivity contribution in [3.8, 4) is 0 Å². The minimum atomic E-state index is -0.586. The van der Waals surface area contributed by atoms with E-state index in [1.165, 1.54) is 18.2 Å². The second-order valence-corrected chi connectivity index (χ2v) is 5.18. The molecule has 3 aromatic rings. The Morgan fingerprint density at radius 2 is 1.86 bits per heavy atom.